The number of hydrogen-bond donors (Lipinski definition) is 1. The molecule has 1 heterocycles. The van der Waals surface area contributed by atoms with Crippen molar-refractivity contribution >= 4 is 27.8 Å². The summed E-state index contributed by atoms with van der Waals surface area (Å²) in [6.45, 7) is 5.43. The molecular formula is C9H14BrN3O2. The molecule has 1 N–H and O–H groups in total. The van der Waals surface area contributed by atoms with Crippen LogP contribution in [0.1, 0.15) is 20.8 Å². The molecule has 0 atom stereocenters. The van der Waals surface area contributed by atoms with Gasteiger partial charge in [-0.25, -0.2) is 4.79 Å². The van der Waals surface area contributed by atoms with Crippen LogP contribution in [0.15, 0.2) is 10.7 Å². The summed E-state index contributed by atoms with van der Waals surface area (Å²) in [6, 6.07) is 1.70. The molecule has 84 valence electrons. The fraction of sp³-hybridized carbons (Fsp3) is 0.556. The van der Waals surface area contributed by atoms with E-state index in [9.17, 15) is 4.79 Å². The van der Waals surface area contributed by atoms with Crippen molar-refractivity contribution in [3.63, 3.8) is 0 Å². The Bertz CT molecular complexity index is 368. The van der Waals surface area contributed by atoms with Crippen molar-refractivity contribution in [2.75, 3.05) is 5.32 Å². The van der Waals surface area contributed by atoms with Crippen molar-refractivity contribution < 1.29 is 9.53 Å². The Balaban J connectivity index is 2.63. The fourth-order valence-electron chi connectivity index (χ4n) is 0.957. The van der Waals surface area contributed by atoms with Crippen molar-refractivity contribution in [2.45, 2.75) is 26.4 Å². The highest BCUT2D eigenvalue weighted by atomic mass is 79.9. The number of anilines is 1. The molecule has 15 heavy (non-hydrogen) atoms. The van der Waals surface area contributed by atoms with Crippen molar-refractivity contribution in [3.05, 3.63) is 10.7 Å². The molecule has 0 aliphatic rings. The number of carbonyl (C=O) groups excluding carboxylic acids is 1. The summed E-state index contributed by atoms with van der Waals surface area (Å²) < 4.78 is 7.31. The number of nitrogens with one attached hydrogen (secondary N) is 1. The number of amides is 1. The summed E-state index contributed by atoms with van der Waals surface area (Å²) in [7, 11) is 1.73. The lowest BCUT2D eigenvalue weighted by Crippen LogP contribution is -2.27. The molecule has 0 saturated heterocycles. The number of carbonyl (C=O) groups is 1. The van der Waals surface area contributed by atoms with Gasteiger partial charge in [0.1, 0.15) is 16.0 Å². The first-order valence-electron chi connectivity index (χ1n) is 4.47. The van der Waals surface area contributed by atoms with Gasteiger partial charge in [-0.15, -0.1) is 0 Å². The van der Waals surface area contributed by atoms with Gasteiger partial charge < -0.3 is 4.74 Å². The molecule has 1 aromatic heterocycles. The molecule has 0 aliphatic carbocycles. The van der Waals surface area contributed by atoms with Gasteiger partial charge in [-0.05, 0) is 36.7 Å². The first-order chi connectivity index (χ1) is 6.78. The van der Waals surface area contributed by atoms with E-state index in [4.69, 9.17) is 4.74 Å². The van der Waals surface area contributed by atoms with Gasteiger partial charge in [-0.2, -0.15) is 5.10 Å². The van der Waals surface area contributed by atoms with Crippen LogP contribution in [0, 0.1) is 0 Å². The van der Waals surface area contributed by atoms with Crippen LogP contribution in [0.25, 0.3) is 0 Å². The lowest BCUT2D eigenvalue weighted by molar-refractivity contribution is 0.0634. The van der Waals surface area contributed by atoms with Gasteiger partial charge in [-0.3, -0.25) is 10.00 Å². The summed E-state index contributed by atoms with van der Waals surface area (Å²) in [5.41, 5.74) is -0.500. The van der Waals surface area contributed by atoms with Crippen LogP contribution in [-0.4, -0.2) is 21.5 Å². The van der Waals surface area contributed by atoms with Gasteiger partial charge in [0.05, 0.1) is 0 Å². The highest BCUT2D eigenvalue weighted by Gasteiger charge is 2.17. The molecule has 1 amide bonds. The molecular weight excluding hydrogens is 262 g/mol. The normalized spacial score (nSPS) is 11.3. The van der Waals surface area contributed by atoms with Crippen LogP contribution < -0.4 is 5.32 Å². The first-order valence-corrected chi connectivity index (χ1v) is 5.27. The summed E-state index contributed by atoms with van der Waals surface area (Å²) in [5, 5.41) is 6.62. The summed E-state index contributed by atoms with van der Waals surface area (Å²) in [6.07, 6.45) is -0.488. The van der Waals surface area contributed by atoms with Crippen LogP contribution in [0.3, 0.4) is 0 Å². The Hall–Kier alpha value is -1.04. The highest BCUT2D eigenvalue weighted by molar-refractivity contribution is 9.10. The molecule has 6 heteroatoms. The number of nitrogens with zero attached hydrogens (tertiary/aromatic N) is 2. The van der Waals surface area contributed by atoms with E-state index in [1.807, 2.05) is 20.8 Å². The van der Waals surface area contributed by atoms with E-state index in [0.717, 1.165) is 0 Å². The minimum atomic E-state index is -0.500. The Morgan fingerprint density at radius 1 is 1.60 bits per heavy atom. The minimum absolute atomic E-state index is 0.488. The molecule has 0 saturated carbocycles. The standard InChI is InChI=1S/C9H14BrN3O2/c1-9(2,3)15-8(14)11-7-5-6(10)12-13(7)4/h5H,1-4H3,(H,11,14). The van der Waals surface area contributed by atoms with E-state index in [1.54, 1.807) is 17.8 Å². The Morgan fingerprint density at radius 3 is 2.60 bits per heavy atom. The molecule has 1 rings (SSSR count). The third-order valence-electron chi connectivity index (χ3n) is 1.48. The van der Waals surface area contributed by atoms with Gasteiger partial charge >= 0.3 is 6.09 Å². The molecule has 0 radical (unpaired) electrons. The maximum absolute atomic E-state index is 11.4. The summed E-state index contributed by atoms with van der Waals surface area (Å²) in [4.78, 5) is 11.4. The van der Waals surface area contributed by atoms with Gasteiger partial charge in [0.25, 0.3) is 0 Å². The molecule has 0 spiro atoms. The average Bonchev–Trinajstić information content (AvgIpc) is 2.25. The minimum Gasteiger partial charge on any atom is -0.444 e. The van der Waals surface area contributed by atoms with E-state index in [0.29, 0.717) is 10.4 Å². The van der Waals surface area contributed by atoms with Crippen LogP contribution in [0.2, 0.25) is 0 Å². The summed E-state index contributed by atoms with van der Waals surface area (Å²) in [5.74, 6) is 0.580. The summed E-state index contributed by atoms with van der Waals surface area (Å²) >= 11 is 3.21. The Morgan fingerprint density at radius 2 is 2.20 bits per heavy atom. The second-order valence-electron chi connectivity index (χ2n) is 4.10. The van der Waals surface area contributed by atoms with Gasteiger partial charge in [-0.1, -0.05) is 0 Å². The van der Waals surface area contributed by atoms with E-state index in [1.165, 1.54) is 0 Å². The monoisotopic (exact) mass is 275 g/mol. The Labute approximate surface area is 96.9 Å². The van der Waals surface area contributed by atoms with E-state index < -0.39 is 11.7 Å². The fourth-order valence-corrected chi connectivity index (χ4v) is 1.41. The number of aromatic nitrogens is 2. The number of aryl methyl sites for hydroxylation is 1. The maximum atomic E-state index is 11.4. The van der Waals surface area contributed by atoms with Crippen molar-refractivity contribution in [1.29, 1.82) is 0 Å². The lowest BCUT2D eigenvalue weighted by atomic mass is 10.2. The molecule has 0 fully saturated rings. The predicted molar refractivity (Wildman–Crippen MR) is 60.8 cm³/mol. The van der Waals surface area contributed by atoms with Crippen LogP contribution in [-0.2, 0) is 11.8 Å². The average molecular weight is 276 g/mol. The maximum Gasteiger partial charge on any atom is 0.413 e. The first kappa shape index (κ1) is 12.0. The predicted octanol–water partition coefficient (Wildman–Crippen LogP) is 2.53. The van der Waals surface area contributed by atoms with Gasteiger partial charge in [0, 0.05) is 13.1 Å². The van der Waals surface area contributed by atoms with Gasteiger partial charge in [0.2, 0.25) is 0 Å². The quantitative estimate of drug-likeness (QED) is 0.857. The van der Waals surface area contributed by atoms with E-state index in [2.05, 4.69) is 26.3 Å². The number of hydrogen-bond acceptors (Lipinski definition) is 3. The largest absolute Gasteiger partial charge is 0.444 e. The van der Waals surface area contributed by atoms with Crippen LogP contribution in [0.4, 0.5) is 10.6 Å². The zero-order chi connectivity index (χ0) is 11.6. The second kappa shape index (κ2) is 4.22. The smallest absolute Gasteiger partial charge is 0.413 e. The van der Waals surface area contributed by atoms with Gasteiger partial charge in [0.15, 0.2) is 0 Å². The van der Waals surface area contributed by atoms with Crippen molar-refractivity contribution in [1.82, 2.24) is 9.78 Å². The molecule has 0 bridgehead atoms. The van der Waals surface area contributed by atoms with Crippen molar-refractivity contribution in [2.24, 2.45) is 7.05 Å². The molecule has 0 aromatic carbocycles. The Kier molecular flexibility index (Phi) is 3.38. The molecule has 0 aliphatic heterocycles. The van der Waals surface area contributed by atoms with E-state index >= 15 is 0 Å². The highest BCUT2D eigenvalue weighted by Crippen LogP contribution is 2.15. The number of halogens is 1. The van der Waals surface area contributed by atoms with E-state index in [-0.39, 0.29) is 0 Å². The molecule has 5 nitrogen and oxygen atoms in total. The second-order valence-corrected chi connectivity index (χ2v) is 4.92. The lowest BCUT2D eigenvalue weighted by Gasteiger charge is -2.19. The van der Waals surface area contributed by atoms with Crippen molar-refractivity contribution in [3.8, 4) is 0 Å². The van der Waals surface area contributed by atoms with Crippen LogP contribution >= 0.6 is 15.9 Å². The molecule has 1 aromatic rings. The zero-order valence-electron chi connectivity index (χ0n) is 9.17. The topological polar surface area (TPSA) is 56.2 Å². The third kappa shape index (κ3) is 3.91. The number of ether oxygens (including phenoxy) is 1. The third-order valence-corrected chi connectivity index (χ3v) is 1.87. The number of rotatable bonds is 1. The zero-order valence-corrected chi connectivity index (χ0v) is 10.8. The van der Waals surface area contributed by atoms with Crippen LogP contribution in [0.5, 0.6) is 0 Å². The SMILES string of the molecule is Cn1nc(Br)cc1NC(=O)OC(C)(C)C. The molecule has 0 unspecified atom stereocenters.